The van der Waals surface area contributed by atoms with Crippen molar-refractivity contribution in [3.05, 3.63) is 56.3 Å². The molecule has 4 aromatic rings. The van der Waals surface area contributed by atoms with Crippen molar-refractivity contribution < 1.29 is 14.2 Å². The van der Waals surface area contributed by atoms with Crippen molar-refractivity contribution >= 4 is 67.5 Å². The van der Waals surface area contributed by atoms with E-state index in [0.717, 1.165) is 25.5 Å². The Morgan fingerprint density at radius 3 is 2.75 bits per heavy atom. The van der Waals surface area contributed by atoms with Crippen LogP contribution in [0.2, 0.25) is 10.0 Å². The molecule has 162 valence electrons. The molecule has 1 fully saturated rings. The van der Waals surface area contributed by atoms with Crippen LogP contribution in [0.15, 0.2) is 35.8 Å². The van der Waals surface area contributed by atoms with E-state index >= 15 is 0 Å². The number of halogens is 2. The van der Waals surface area contributed by atoms with Gasteiger partial charge in [-0.3, -0.25) is 4.98 Å². The number of pyridine rings is 1. The summed E-state index contributed by atoms with van der Waals surface area (Å²) < 4.78 is 17.4. The van der Waals surface area contributed by atoms with Crippen LogP contribution < -0.4 is 10.1 Å². The Balaban J connectivity index is 1.56. The number of aromatic nitrogens is 1. The molecule has 0 saturated carbocycles. The number of hydrogen-bond acceptors (Lipinski definition) is 8. The fourth-order valence-corrected chi connectivity index (χ4v) is 5.96. The number of anilines is 2. The summed E-state index contributed by atoms with van der Waals surface area (Å²) in [6.07, 6.45) is 1.26. The van der Waals surface area contributed by atoms with Gasteiger partial charge >= 0.3 is 0 Å². The molecule has 0 amide bonds. The smallest absolute Gasteiger partial charge is 0.193 e. The first-order chi connectivity index (χ1) is 15.6. The van der Waals surface area contributed by atoms with Crippen LogP contribution in [0.1, 0.15) is 16.7 Å². The van der Waals surface area contributed by atoms with Crippen molar-refractivity contribution in [3.8, 4) is 22.3 Å². The molecule has 0 spiro atoms. The normalized spacial score (nSPS) is 14.1. The lowest BCUT2D eigenvalue weighted by Crippen LogP contribution is -1.97. The second-order valence-corrected chi connectivity index (χ2v) is 9.70. The zero-order chi connectivity index (χ0) is 22.2. The summed E-state index contributed by atoms with van der Waals surface area (Å²) in [6, 6.07) is 9.61. The van der Waals surface area contributed by atoms with Crippen LogP contribution in [-0.2, 0) is 9.47 Å². The van der Waals surface area contributed by atoms with Gasteiger partial charge < -0.3 is 19.5 Å². The topological polar surface area (TPSA) is 76.4 Å². The van der Waals surface area contributed by atoms with Gasteiger partial charge in [0.15, 0.2) is 6.29 Å². The molecule has 1 aliphatic rings. The monoisotopic (exact) mass is 503 g/mol. The average Bonchev–Trinajstić information content (AvgIpc) is 3.55. The molecule has 0 radical (unpaired) electrons. The Kier molecular flexibility index (Phi) is 5.95. The van der Waals surface area contributed by atoms with Crippen molar-refractivity contribution in [1.82, 2.24) is 4.98 Å². The molecule has 1 N–H and O–H groups in total. The fraction of sp³-hybridized carbons (Fsp3) is 0.182. The van der Waals surface area contributed by atoms with Crippen LogP contribution in [0.4, 0.5) is 11.4 Å². The number of methoxy groups -OCH3 is 1. The number of ether oxygens (including phenoxy) is 3. The third-order valence-corrected chi connectivity index (χ3v) is 7.67. The second-order valence-electron chi connectivity index (χ2n) is 6.89. The first-order valence-corrected chi connectivity index (χ1v) is 12.0. The summed E-state index contributed by atoms with van der Waals surface area (Å²) in [6.45, 7) is 1.21. The van der Waals surface area contributed by atoms with Crippen molar-refractivity contribution in [2.24, 2.45) is 0 Å². The maximum atomic E-state index is 9.69. The van der Waals surface area contributed by atoms with E-state index in [1.165, 1.54) is 7.11 Å². The maximum Gasteiger partial charge on any atom is 0.193 e. The molecule has 1 aliphatic heterocycles. The SMILES string of the molecule is COc1cc(Nc2c(C#N)cnc3cc(-c4csc(C5OCCO5)c4)sc23)c(Cl)cc1Cl. The first-order valence-electron chi connectivity index (χ1n) is 9.52. The summed E-state index contributed by atoms with van der Waals surface area (Å²) in [7, 11) is 1.53. The molecule has 5 rings (SSSR count). The molecule has 0 bridgehead atoms. The van der Waals surface area contributed by atoms with Crippen molar-refractivity contribution in [1.29, 1.82) is 5.26 Å². The number of fused-ring (bicyclic) bond motifs is 1. The third-order valence-electron chi connectivity index (χ3n) is 4.92. The zero-order valence-corrected chi connectivity index (χ0v) is 19.8. The Bertz CT molecular complexity index is 1360. The highest BCUT2D eigenvalue weighted by atomic mass is 35.5. The van der Waals surface area contributed by atoms with Gasteiger partial charge in [0.1, 0.15) is 11.8 Å². The summed E-state index contributed by atoms with van der Waals surface area (Å²) in [5, 5.41) is 15.9. The molecule has 0 aliphatic carbocycles. The van der Waals surface area contributed by atoms with Gasteiger partial charge in [-0.1, -0.05) is 23.2 Å². The Morgan fingerprint density at radius 2 is 2.00 bits per heavy atom. The minimum Gasteiger partial charge on any atom is -0.495 e. The van der Waals surface area contributed by atoms with Gasteiger partial charge in [-0.2, -0.15) is 5.26 Å². The highest BCUT2D eigenvalue weighted by Crippen LogP contribution is 2.43. The van der Waals surface area contributed by atoms with E-state index in [-0.39, 0.29) is 6.29 Å². The number of nitrogens with zero attached hydrogens (tertiary/aromatic N) is 2. The summed E-state index contributed by atoms with van der Waals surface area (Å²) in [5.41, 5.74) is 3.47. The average molecular weight is 504 g/mol. The lowest BCUT2D eigenvalue weighted by Gasteiger charge is -2.13. The van der Waals surface area contributed by atoms with Crippen LogP contribution in [0, 0.1) is 11.3 Å². The van der Waals surface area contributed by atoms with E-state index in [2.05, 4.69) is 27.8 Å². The van der Waals surface area contributed by atoms with Gasteiger partial charge in [0, 0.05) is 22.7 Å². The standard InChI is InChI=1S/C22H15Cl2N3O3S2/c1-28-17-6-15(13(23)5-14(17)24)27-20-12(8-25)9-26-16-7-18(32-21(16)20)11-4-19(31-10-11)22-29-2-3-30-22/h4-7,9-10,22H,2-3H2,1H3,(H,26,27). The number of benzene rings is 1. The molecule has 10 heteroatoms. The maximum absolute atomic E-state index is 9.69. The summed E-state index contributed by atoms with van der Waals surface area (Å²) in [4.78, 5) is 6.54. The van der Waals surface area contributed by atoms with Crippen molar-refractivity contribution in [2.45, 2.75) is 6.29 Å². The molecule has 0 atom stereocenters. The summed E-state index contributed by atoms with van der Waals surface area (Å²) in [5.74, 6) is 0.483. The number of hydrogen-bond donors (Lipinski definition) is 1. The lowest BCUT2D eigenvalue weighted by atomic mass is 10.2. The number of nitrogens with one attached hydrogen (secondary N) is 1. The summed E-state index contributed by atoms with van der Waals surface area (Å²) >= 11 is 15.7. The van der Waals surface area contributed by atoms with Crippen molar-refractivity contribution in [3.63, 3.8) is 0 Å². The van der Waals surface area contributed by atoms with E-state index in [1.807, 2.05) is 6.07 Å². The molecule has 4 heterocycles. The van der Waals surface area contributed by atoms with Gasteiger partial charge in [0.25, 0.3) is 0 Å². The quantitative estimate of drug-likeness (QED) is 0.315. The van der Waals surface area contributed by atoms with E-state index < -0.39 is 0 Å². The zero-order valence-electron chi connectivity index (χ0n) is 16.6. The highest BCUT2D eigenvalue weighted by molar-refractivity contribution is 7.23. The van der Waals surface area contributed by atoms with E-state index in [9.17, 15) is 5.26 Å². The molecular weight excluding hydrogens is 489 g/mol. The van der Waals surface area contributed by atoms with Crippen LogP contribution in [0.5, 0.6) is 5.75 Å². The Labute approximate surface area is 201 Å². The van der Waals surface area contributed by atoms with Gasteiger partial charge in [0.05, 0.1) is 62.4 Å². The molecule has 6 nitrogen and oxygen atoms in total. The molecule has 1 aromatic carbocycles. The van der Waals surface area contributed by atoms with Gasteiger partial charge in [-0.05, 0) is 23.6 Å². The second kappa shape index (κ2) is 8.87. The Hall–Kier alpha value is -2.38. The van der Waals surface area contributed by atoms with Gasteiger partial charge in [-0.25, -0.2) is 0 Å². The van der Waals surface area contributed by atoms with Crippen molar-refractivity contribution in [2.75, 3.05) is 25.6 Å². The number of nitriles is 1. The molecular formula is C22H15Cl2N3O3S2. The predicted molar refractivity (Wildman–Crippen MR) is 129 cm³/mol. The van der Waals surface area contributed by atoms with Crippen LogP contribution in [0.25, 0.3) is 20.7 Å². The van der Waals surface area contributed by atoms with Crippen LogP contribution >= 0.6 is 45.9 Å². The predicted octanol–water partition coefficient (Wildman–Crippen LogP) is 7.00. The third kappa shape index (κ3) is 3.92. The van der Waals surface area contributed by atoms with Gasteiger partial charge in [0.2, 0.25) is 0 Å². The largest absolute Gasteiger partial charge is 0.495 e. The minimum absolute atomic E-state index is 0.300. The van der Waals surface area contributed by atoms with Gasteiger partial charge in [-0.15, -0.1) is 22.7 Å². The first kappa shape index (κ1) is 21.5. The fourth-order valence-electron chi connectivity index (χ4n) is 3.37. The van der Waals surface area contributed by atoms with E-state index in [4.69, 9.17) is 37.4 Å². The number of rotatable bonds is 5. The van der Waals surface area contributed by atoms with Crippen LogP contribution in [0.3, 0.4) is 0 Å². The molecule has 0 unspecified atom stereocenters. The van der Waals surface area contributed by atoms with E-state index in [1.54, 1.807) is 41.0 Å². The number of thiophene rings is 2. The Morgan fingerprint density at radius 1 is 1.19 bits per heavy atom. The minimum atomic E-state index is -0.300. The molecule has 1 saturated heterocycles. The highest BCUT2D eigenvalue weighted by Gasteiger charge is 2.22. The van der Waals surface area contributed by atoms with E-state index in [0.29, 0.717) is 45.9 Å². The lowest BCUT2D eigenvalue weighted by molar-refractivity contribution is -0.0413. The molecule has 3 aromatic heterocycles. The van der Waals surface area contributed by atoms with Crippen LogP contribution in [-0.4, -0.2) is 25.3 Å². The molecule has 32 heavy (non-hydrogen) atoms.